The Morgan fingerprint density at radius 2 is 0.975 bits per heavy atom. The van der Waals surface area contributed by atoms with Crippen LogP contribution in [0.15, 0.2) is 0 Å². The van der Waals surface area contributed by atoms with Crippen LogP contribution in [0.3, 0.4) is 0 Å². The lowest BCUT2D eigenvalue weighted by atomic mass is 10.4. The second-order valence-electron chi connectivity index (χ2n) is 8.45. The zero-order valence-electron chi connectivity index (χ0n) is 25.8. The summed E-state index contributed by atoms with van der Waals surface area (Å²) in [5.41, 5.74) is 0. The van der Waals surface area contributed by atoms with E-state index in [-0.39, 0.29) is 37.6 Å². The third kappa shape index (κ3) is 36.6. The minimum atomic E-state index is -0.222. The summed E-state index contributed by atoms with van der Waals surface area (Å²) < 4.78 is 42.9. The van der Waals surface area contributed by atoms with E-state index >= 15 is 0 Å². The van der Waals surface area contributed by atoms with E-state index in [0.29, 0.717) is 92.4 Å². The first-order valence-corrected chi connectivity index (χ1v) is 14.8. The Hall–Kier alpha value is -1.38. The quantitative estimate of drug-likeness (QED) is 0.121. The summed E-state index contributed by atoms with van der Waals surface area (Å²) in [4.78, 5) is 23.5. The predicted molar refractivity (Wildman–Crippen MR) is 154 cm³/mol. The molecule has 0 saturated carbocycles. The van der Waals surface area contributed by atoms with Crippen LogP contribution in [0.1, 0.15) is 53.9 Å². The summed E-state index contributed by atoms with van der Waals surface area (Å²) >= 11 is 0. The molecule has 0 aliphatic rings. The van der Waals surface area contributed by atoms with Crippen LogP contribution in [0.4, 0.5) is 0 Å². The molecule has 0 bridgehead atoms. The van der Waals surface area contributed by atoms with Crippen LogP contribution in [0.25, 0.3) is 0 Å². The standard InChI is InChI=1S/C26H52N2O10.C2H6/c1-4-5-9-31-13-15-35-19-20-37-23-26(30)28-8-11-32-10-6-25(29)27-7-12-33-14-16-34-17-18-36-21-22-38-24(2)3;1-2/h24H,4-23H2,1-3H3,(H,27,29)(H,28,30);1-2H3. The van der Waals surface area contributed by atoms with Gasteiger partial charge in [-0.3, -0.25) is 9.59 Å². The highest BCUT2D eigenvalue weighted by atomic mass is 16.6. The predicted octanol–water partition coefficient (Wildman–Crippen LogP) is 1.98. The summed E-state index contributed by atoms with van der Waals surface area (Å²) in [5, 5.41) is 5.46. The van der Waals surface area contributed by atoms with Crippen molar-refractivity contribution < 1.29 is 47.5 Å². The van der Waals surface area contributed by atoms with Gasteiger partial charge in [0.15, 0.2) is 0 Å². The number of ether oxygens (including phenoxy) is 8. The molecule has 0 aromatic carbocycles. The van der Waals surface area contributed by atoms with Gasteiger partial charge in [-0.15, -0.1) is 0 Å². The van der Waals surface area contributed by atoms with Gasteiger partial charge in [-0.1, -0.05) is 27.2 Å². The lowest BCUT2D eigenvalue weighted by molar-refractivity contribution is -0.127. The minimum Gasteiger partial charge on any atom is -0.379 e. The maximum Gasteiger partial charge on any atom is 0.246 e. The lowest BCUT2D eigenvalue weighted by Crippen LogP contribution is -2.32. The highest BCUT2D eigenvalue weighted by Gasteiger charge is 2.03. The molecule has 0 atom stereocenters. The molecule has 2 amide bonds. The normalized spacial score (nSPS) is 10.8. The second kappa shape index (κ2) is 35.6. The third-order valence-corrected chi connectivity index (χ3v) is 4.65. The Bertz CT molecular complexity index is 527. The van der Waals surface area contributed by atoms with Crippen molar-refractivity contribution in [1.82, 2.24) is 10.6 Å². The number of carbonyl (C=O) groups is 2. The number of amides is 2. The summed E-state index contributed by atoms with van der Waals surface area (Å²) in [5.74, 6) is -0.337. The van der Waals surface area contributed by atoms with E-state index in [1.54, 1.807) is 0 Å². The van der Waals surface area contributed by atoms with Crippen LogP contribution in [-0.4, -0.2) is 130 Å². The van der Waals surface area contributed by atoms with Crippen molar-refractivity contribution >= 4 is 11.8 Å². The van der Waals surface area contributed by atoms with Gasteiger partial charge in [0.1, 0.15) is 6.61 Å². The smallest absolute Gasteiger partial charge is 0.246 e. The zero-order valence-corrected chi connectivity index (χ0v) is 25.8. The van der Waals surface area contributed by atoms with E-state index in [2.05, 4.69) is 17.6 Å². The van der Waals surface area contributed by atoms with Gasteiger partial charge in [-0.05, 0) is 20.3 Å². The molecule has 0 rings (SSSR count). The Morgan fingerprint density at radius 3 is 1.50 bits per heavy atom. The molecule has 40 heavy (non-hydrogen) atoms. The Labute approximate surface area is 242 Å². The Balaban J connectivity index is 0. The molecule has 12 nitrogen and oxygen atoms in total. The molecule has 0 aromatic heterocycles. The van der Waals surface area contributed by atoms with Crippen molar-refractivity contribution in [2.75, 3.05) is 112 Å². The van der Waals surface area contributed by atoms with Gasteiger partial charge in [0.05, 0.1) is 92.0 Å². The van der Waals surface area contributed by atoms with Crippen molar-refractivity contribution in [3.05, 3.63) is 0 Å². The topological polar surface area (TPSA) is 132 Å². The lowest BCUT2D eigenvalue weighted by Gasteiger charge is -2.09. The average Bonchev–Trinajstić information content (AvgIpc) is 2.95. The van der Waals surface area contributed by atoms with Gasteiger partial charge in [-0.2, -0.15) is 0 Å². The van der Waals surface area contributed by atoms with Gasteiger partial charge in [0.25, 0.3) is 0 Å². The number of hydrogen-bond acceptors (Lipinski definition) is 10. The van der Waals surface area contributed by atoms with Crippen LogP contribution < -0.4 is 10.6 Å². The highest BCUT2D eigenvalue weighted by Crippen LogP contribution is 1.89. The van der Waals surface area contributed by atoms with Crippen LogP contribution in [-0.2, 0) is 47.5 Å². The maximum atomic E-state index is 11.8. The summed E-state index contributed by atoms with van der Waals surface area (Å²) in [7, 11) is 0. The first kappa shape index (κ1) is 40.8. The molecule has 0 saturated heterocycles. The van der Waals surface area contributed by atoms with E-state index in [9.17, 15) is 9.59 Å². The van der Waals surface area contributed by atoms with Crippen LogP contribution in [0.2, 0.25) is 0 Å². The van der Waals surface area contributed by atoms with E-state index in [4.69, 9.17) is 37.9 Å². The fourth-order valence-electron chi connectivity index (χ4n) is 2.67. The van der Waals surface area contributed by atoms with E-state index < -0.39 is 0 Å². The molecule has 240 valence electrons. The van der Waals surface area contributed by atoms with Crippen LogP contribution in [0, 0.1) is 0 Å². The molecule has 0 aromatic rings. The molecule has 0 heterocycles. The maximum absolute atomic E-state index is 11.8. The summed E-state index contributed by atoms with van der Waals surface area (Å²) in [6, 6.07) is 0. The van der Waals surface area contributed by atoms with E-state index in [0.717, 1.165) is 19.4 Å². The first-order chi connectivity index (χ1) is 19.6. The van der Waals surface area contributed by atoms with Crippen molar-refractivity contribution in [3.8, 4) is 0 Å². The average molecular weight is 583 g/mol. The molecule has 0 spiro atoms. The number of rotatable bonds is 30. The number of hydrogen-bond donors (Lipinski definition) is 2. The van der Waals surface area contributed by atoms with Gasteiger partial charge >= 0.3 is 0 Å². The van der Waals surface area contributed by atoms with Crippen molar-refractivity contribution in [3.63, 3.8) is 0 Å². The number of unbranched alkanes of at least 4 members (excludes halogenated alkanes) is 1. The third-order valence-electron chi connectivity index (χ3n) is 4.65. The Kier molecular flexibility index (Phi) is 36.3. The minimum absolute atomic E-state index is 0.0320. The zero-order chi connectivity index (χ0) is 29.9. The number of carbonyl (C=O) groups excluding carboxylic acids is 2. The van der Waals surface area contributed by atoms with Gasteiger partial charge in [0.2, 0.25) is 11.8 Å². The summed E-state index contributed by atoms with van der Waals surface area (Å²) in [6.45, 7) is 17.5. The largest absolute Gasteiger partial charge is 0.379 e. The molecule has 12 heteroatoms. The fourth-order valence-corrected chi connectivity index (χ4v) is 2.67. The van der Waals surface area contributed by atoms with Gasteiger partial charge in [0, 0.05) is 26.1 Å². The molecule has 0 fully saturated rings. The highest BCUT2D eigenvalue weighted by molar-refractivity contribution is 5.77. The van der Waals surface area contributed by atoms with E-state index in [1.807, 2.05) is 27.7 Å². The molecule has 0 aliphatic heterocycles. The molecule has 0 aliphatic carbocycles. The van der Waals surface area contributed by atoms with Crippen molar-refractivity contribution in [2.24, 2.45) is 0 Å². The Morgan fingerprint density at radius 1 is 0.550 bits per heavy atom. The fraction of sp³-hybridized carbons (Fsp3) is 0.929. The van der Waals surface area contributed by atoms with Crippen molar-refractivity contribution in [1.29, 1.82) is 0 Å². The molecule has 0 unspecified atom stereocenters. The molecular weight excluding hydrogens is 524 g/mol. The monoisotopic (exact) mass is 582 g/mol. The van der Waals surface area contributed by atoms with E-state index in [1.165, 1.54) is 0 Å². The van der Waals surface area contributed by atoms with Crippen molar-refractivity contribution in [2.45, 2.75) is 60.0 Å². The molecular formula is C28H58N2O10. The second-order valence-corrected chi connectivity index (χ2v) is 8.45. The SMILES string of the molecule is CC.CCCCOCCOCCOCC(=O)NCCOCCC(=O)NCCOCCOCCOCCOC(C)C. The summed E-state index contributed by atoms with van der Waals surface area (Å²) in [6.07, 6.45) is 2.62. The van der Waals surface area contributed by atoms with Crippen LogP contribution in [0.5, 0.6) is 0 Å². The van der Waals surface area contributed by atoms with Crippen LogP contribution >= 0.6 is 0 Å². The first-order valence-electron chi connectivity index (χ1n) is 14.8. The molecule has 2 N–H and O–H groups in total. The number of nitrogens with one attached hydrogen (secondary N) is 2. The van der Waals surface area contributed by atoms with Gasteiger partial charge in [-0.25, -0.2) is 0 Å². The molecule has 0 radical (unpaired) electrons. The van der Waals surface area contributed by atoms with Gasteiger partial charge < -0.3 is 48.5 Å².